The summed E-state index contributed by atoms with van der Waals surface area (Å²) >= 11 is 0.991. The molecule has 108 valence electrons. The molecule has 0 saturated heterocycles. The Kier molecular flexibility index (Phi) is 4.48. The molecule has 1 saturated carbocycles. The standard InChI is InChI=1S/C13H15NO4S2/c1-2-7-14(9-10-3-4-10)20(17,18)13-6-5-11(19-13)8-12(15)16/h1,5-6,10H,3-4,7-9H2,(H,15,16). The number of rotatable bonds is 7. The minimum Gasteiger partial charge on any atom is -0.481 e. The van der Waals surface area contributed by atoms with Crippen molar-refractivity contribution in [2.24, 2.45) is 5.92 Å². The zero-order chi connectivity index (χ0) is 14.8. The maximum atomic E-state index is 12.5. The van der Waals surface area contributed by atoms with Gasteiger partial charge in [-0.1, -0.05) is 5.92 Å². The summed E-state index contributed by atoms with van der Waals surface area (Å²) in [4.78, 5) is 11.2. The minimum atomic E-state index is -3.62. The molecule has 20 heavy (non-hydrogen) atoms. The van der Waals surface area contributed by atoms with Crippen molar-refractivity contribution in [2.45, 2.75) is 23.5 Å². The summed E-state index contributed by atoms with van der Waals surface area (Å²) in [6, 6.07) is 2.99. The van der Waals surface area contributed by atoms with Crippen molar-refractivity contribution in [1.82, 2.24) is 4.31 Å². The summed E-state index contributed by atoms with van der Waals surface area (Å²) in [6.07, 6.45) is 7.14. The lowest BCUT2D eigenvalue weighted by molar-refractivity contribution is -0.136. The van der Waals surface area contributed by atoms with E-state index in [2.05, 4.69) is 5.92 Å². The lowest BCUT2D eigenvalue weighted by Gasteiger charge is -2.18. The SMILES string of the molecule is C#CCN(CC1CC1)S(=O)(=O)c1ccc(CC(=O)O)s1. The van der Waals surface area contributed by atoms with E-state index < -0.39 is 16.0 Å². The molecule has 1 heterocycles. The van der Waals surface area contributed by atoms with Gasteiger partial charge in [0.25, 0.3) is 10.0 Å². The highest BCUT2D eigenvalue weighted by Crippen LogP contribution is 2.32. The van der Waals surface area contributed by atoms with Crippen molar-refractivity contribution < 1.29 is 18.3 Å². The molecule has 0 unspecified atom stereocenters. The Hall–Kier alpha value is -1.36. The van der Waals surface area contributed by atoms with Gasteiger partial charge in [0.2, 0.25) is 0 Å². The molecule has 1 aromatic rings. The highest BCUT2D eigenvalue weighted by Gasteiger charge is 2.32. The summed E-state index contributed by atoms with van der Waals surface area (Å²) in [5.41, 5.74) is 0. The quantitative estimate of drug-likeness (QED) is 0.772. The lowest BCUT2D eigenvalue weighted by Crippen LogP contribution is -2.32. The van der Waals surface area contributed by atoms with Gasteiger partial charge in [-0.2, -0.15) is 4.31 Å². The van der Waals surface area contributed by atoms with Crippen molar-refractivity contribution in [3.8, 4) is 12.3 Å². The molecule has 0 bridgehead atoms. The third-order valence-corrected chi connectivity index (χ3v) is 6.35. The van der Waals surface area contributed by atoms with E-state index in [0.29, 0.717) is 17.3 Å². The molecule has 2 rings (SSSR count). The summed E-state index contributed by atoms with van der Waals surface area (Å²) in [5.74, 6) is 1.80. The number of terminal acetylenes is 1. The van der Waals surface area contributed by atoms with Crippen molar-refractivity contribution in [1.29, 1.82) is 0 Å². The Morgan fingerprint density at radius 2 is 2.20 bits per heavy atom. The molecule has 0 amide bonds. The third-order valence-electron chi connectivity index (χ3n) is 2.98. The fourth-order valence-electron chi connectivity index (χ4n) is 1.81. The zero-order valence-corrected chi connectivity index (χ0v) is 12.4. The zero-order valence-electron chi connectivity index (χ0n) is 10.8. The van der Waals surface area contributed by atoms with Crippen molar-refractivity contribution >= 4 is 27.3 Å². The third kappa shape index (κ3) is 3.60. The van der Waals surface area contributed by atoms with Crippen LogP contribution >= 0.6 is 11.3 Å². The van der Waals surface area contributed by atoms with Crippen LogP contribution in [-0.2, 0) is 21.2 Å². The van der Waals surface area contributed by atoms with E-state index >= 15 is 0 Å². The lowest BCUT2D eigenvalue weighted by atomic mass is 10.3. The molecule has 0 aliphatic heterocycles. The van der Waals surface area contributed by atoms with Crippen LogP contribution in [0.25, 0.3) is 0 Å². The highest BCUT2D eigenvalue weighted by atomic mass is 32.2. The Morgan fingerprint density at radius 3 is 2.75 bits per heavy atom. The summed E-state index contributed by atoms with van der Waals surface area (Å²) in [7, 11) is -3.62. The summed E-state index contributed by atoms with van der Waals surface area (Å²) in [6.45, 7) is 0.490. The van der Waals surface area contributed by atoms with Gasteiger partial charge < -0.3 is 5.11 Å². The monoisotopic (exact) mass is 313 g/mol. The number of sulfonamides is 1. The predicted octanol–water partition coefficient (Wildman–Crippen LogP) is 1.41. The number of hydrogen-bond donors (Lipinski definition) is 1. The number of hydrogen-bond acceptors (Lipinski definition) is 4. The molecule has 0 radical (unpaired) electrons. The number of aliphatic carboxylic acids is 1. The first-order chi connectivity index (χ1) is 9.43. The van der Waals surface area contributed by atoms with Gasteiger partial charge in [0.05, 0.1) is 13.0 Å². The van der Waals surface area contributed by atoms with Crippen LogP contribution < -0.4 is 0 Å². The van der Waals surface area contributed by atoms with Crippen LogP contribution in [0.5, 0.6) is 0 Å². The van der Waals surface area contributed by atoms with Gasteiger partial charge in [0.15, 0.2) is 0 Å². The molecule has 0 spiro atoms. The van der Waals surface area contributed by atoms with Gasteiger partial charge in [-0.25, -0.2) is 8.42 Å². The van der Waals surface area contributed by atoms with Crippen LogP contribution in [0.3, 0.4) is 0 Å². The smallest absolute Gasteiger partial charge is 0.308 e. The highest BCUT2D eigenvalue weighted by molar-refractivity contribution is 7.91. The number of carboxylic acid groups (broad SMARTS) is 1. The van der Waals surface area contributed by atoms with E-state index in [-0.39, 0.29) is 17.2 Å². The summed E-state index contributed by atoms with van der Waals surface area (Å²) in [5, 5.41) is 8.72. The number of nitrogens with zero attached hydrogens (tertiary/aromatic N) is 1. The van der Waals surface area contributed by atoms with Gasteiger partial charge in [-0.05, 0) is 30.9 Å². The first kappa shape index (κ1) is 15.0. The van der Waals surface area contributed by atoms with Crippen LogP contribution in [0.2, 0.25) is 0 Å². The second-order valence-electron chi connectivity index (χ2n) is 4.74. The molecule has 1 aliphatic carbocycles. The average Bonchev–Trinajstić information content (AvgIpc) is 3.05. The van der Waals surface area contributed by atoms with Gasteiger partial charge in [-0.15, -0.1) is 17.8 Å². The minimum absolute atomic E-state index is 0.0466. The average molecular weight is 313 g/mol. The molecule has 1 aliphatic rings. The first-order valence-corrected chi connectivity index (χ1v) is 8.43. The second-order valence-corrected chi connectivity index (χ2v) is 8.07. The normalized spacial score (nSPS) is 15.2. The number of carboxylic acids is 1. The van der Waals surface area contributed by atoms with Gasteiger partial charge in [0.1, 0.15) is 4.21 Å². The molecule has 1 aromatic heterocycles. The molecule has 1 fully saturated rings. The number of carbonyl (C=O) groups is 1. The van der Waals surface area contributed by atoms with E-state index in [9.17, 15) is 13.2 Å². The Balaban J connectivity index is 2.20. The van der Waals surface area contributed by atoms with Gasteiger partial charge in [0, 0.05) is 11.4 Å². The van der Waals surface area contributed by atoms with Crippen molar-refractivity contribution in [3.63, 3.8) is 0 Å². The molecule has 7 heteroatoms. The van der Waals surface area contributed by atoms with Crippen molar-refractivity contribution in [3.05, 3.63) is 17.0 Å². The molecular weight excluding hydrogens is 298 g/mol. The second kappa shape index (κ2) is 5.95. The first-order valence-electron chi connectivity index (χ1n) is 6.17. The fourth-order valence-corrected chi connectivity index (χ4v) is 4.74. The molecular formula is C13H15NO4S2. The Labute approximate surface area is 122 Å². The molecule has 5 nitrogen and oxygen atoms in total. The number of thiophene rings is 1. The Morgan fingerprint density at radius 1 is 1.50 bits per heavy atom. The topological polar surface area (TPSA) is 74.7 Å². The Bertz CT molecular complexity index is 638. The van der Waals surface area contributed by atoms with Crippen LogP contribution in [0.15, 0.2) is 16.3 Å². The van der Waals surface area contributed by atoms with E-state index in [1.807, 2.05) is 0 Å². The van der Waals surface area contributed by atoms with Crippen LogP contribution in [-0.4, -0.2) is 36.9 Å². The maximum absolute atomic E-state index is 12.5. The van der Waals surface area contributed by atoms with Crippen LogP contribution in [0.4, 0.5) is 0 Å². The van der Waals surface area contributed by atoms with E-state index in [0.717, 1.165) is 24.2 Å². The van der Waals surface area contributed by atoms with E-state index in [1.165, 1.54) is 16.4 Å². The van der Waals surface area contributed by atoms with E-state index in [4.69, 9.17) is 11.5 Å². The molecule has 0 aromatic carbocycles. The maximum Gasteiger partial charge on any atom is 0.308 e. The predicted molar refractivity (Wildman–Crippen MR) is 76.0 cm³/mol. The fraction of sp³-hybridized carbons (Fsp3) is 0.462. The van der Waals surface area contributed by atoms with E-state index in [1.54, 1.807) is 0 Å². The van der Waals surface area contributed by atoms with Crippen molar-refractivity contribution in [2.75, 3.05) is 13.1 Å². The largest absolute Gasteiger partial charge is 0.481 e. The molecule has 1 N–H and O–H groups in total. The van der Waals surface area contributed by atoms with Gasteiger partial charge >= 0.3 is 5.97 Å². The van der Waals surface area contributed by atoms with Gasteiger partial charge in [-0.3, -0.25) is 4.79 Å². The van der Waals surface area contributed by atoms with Crippen LogP contribution in [0, 0.1) is 18.3 Å². The molecule has 0 atom stereocenters. The van der Waals surface area contributed by atoms with Crippen LogP contribution in [0.1, 0.15) is 17.7 Å². The summed E-state index contributed by atoms with van der Waals surface area (Å²) < 4.78 is 26.4.